The first-order valence-electron chi connectivity index (χ1n) is 9.30. The van der Waals surface area contributed by atoms with Gasteiger partial charge in [-0.15, -0.1) is 0 Å². The molecule has 0 radical (unpaired) electrons. The van der Waals surface area contributed by atoms with Crippen molar-refractivity contribution < 1.29 is 4.79 Å². The van der Waals surface area contributed by atoms with Gasteiger partial charge in [-0.2, -0.15) is 10.2 Å². The SMILES string of the molecule is CC(C)c1nn(CC(=O)Nc2ccc(=O)n(C)c2)c(=O)c2cc(C3CC3)nn12. The van der Waals surface area contributed by atoms with Gasteiger partial charge in [-0.3, -0.25) is 14.4 Å². The van der Waals surface area contributed by atoms with Gasteiger partial charge in [0.15, 0.2) is 5.82 Å². The maximum absolute atomic E-state index is 12.9. The van der Waals surface area contributed by atoms with Crippen LogP contribution in [0, 0.1) is 0 Å². The number of hydrogen-bond acceptors (Lipinski definition) is 5. The van der Waals surface area contributed by atoms with Gasteiger partial charge in [0.1, 0.15) is 12.1 Å². The van der Waals surface area contributed by atoms with Crippen molar-refractivity contribution in [2.45, 2.75) is 45.1 Å². The number of amides is 1. The van der Waals surface area contributed by atoms with E-state index in [0.717, 1.165) is 18.5 Å². The van der Waals surface area contributed by atoms with Gasteiger partial charge in [0.05, 0.1) is 11.4 Å². The van der Waals surface area contributed by atoms with E-state index >= 15 is 0 Å². The van der Waals surface area contributed by atoms with Crippen molar-refractivity contribution in [2.75, 3.05) is 5.32 Å². The standard InChI is InChI=1S/C19H22N6O3/c1-11(2)18-22-24(10-16(26)20-13-6-7-17(27)23(3)9-13)19(28)15-8-14(12-4-5-12)21-25(15)18/h6-9,11-12H,4-5,10H2,1-3H3,(H,20,26). The van der Waals surface area contributed by atoms with Crippen LogP contribution in [0.5, 0.6) is 0 Å². The summed E-state index contributed by atoms with van der Waals surface area (Å²) in [4.78, 5) is 36.8. The van der Waals surface area contributed by atoms with E-state index < -0.39 is 5.91 Å². The number of aromatic nitrogens is 5. The number of nitrogens with zero attached hydrogens (tertiary/aromatic N) is 5. The molecule has 4 rings (SSSR count). The van der Waals surface area contributed by atoms with Gasteiger partial charge in [-0.1, -0.05) is 13.8 Å². The Bertz CT molecular complexity index is 1180. The second-order valence-corrected chi connectivity index (χ2v) is 7.53. The van der Waals surface area contributed by atoms with Gasteiger partial charge in [-0.25, -0.2) is 9.20 Å². The van der Waals surface area contributed by atoms with Crippen LogP contribution in [-0.2, 0) is 18.4 Å². The van der Waals surface area contributed by atoms with Gasteiger partial charge in [0.25, 0.3) is 5.56 Å². The predicted molar refractivity (Wildman–Crippen MR) is 104 cm³/mol. The average Bonchev–Trinajstić information content (AvgIpc) is 3.39. The fourth-order valence-electron chi connectivity index (χ4n) is 3.12. The lowest BCUT2D eigenvalue weighted by molar-refractivity contribution is -0.117. The second kappa shape index (κ2) is 6.74. The molecule has 3 aromatic rings. The summed E-state index contributed by atoms with van der Waals surface area (Å²) in [6.45, 7) is 3.72. The number of hydrogen-bond donors (Lipinski definition) is 1. The van der Waals surface area contributed by atoms with E-state index in [0.29, 0.717) is 22.9 Å². The molecule has 3 heterocycles. The molecule has 0 saturated heterocycles. The Morgan fingerprint density at radius 3 is 2.64 bits per heavy atom. The normalized spacial score (nSPS) is 14.0. The number of fused-ring (bicyclic) bond motifs is 1. The molecular weight excluding hydrogens is 360 g/mol. The van der Waals surface area contributed by atoms with Crippen LogP contribution in [0.3, 0.4) is 0 Å². The molecule has 1 aliphatic rings. The summed E-state index contributed by atoms with van der Waals surface area (Å²) >= 11 is 0. The fourth-order valence-corrected chi connectivity index (χ4v) is 3.12. The zero-order chi connectivity index (χ0) is 20.0. The third-order valence-corrected chi connectivity index (χ3v) is 4.80. The van der Waals surface area contributed by atoms with Crippen LogP contribution in [0.15, 0.2) is 34.0 Å². The van der Waals surface area contributed by atoms with Crippen LogP contribution in [0.4, 0.5) is 5.69 Å². The summed E-state index contributed by atoms with van der Waals surface area (Å²) in [6.07, 6.45) is 3.70. The lowest BCUT2D eigenvalue weighted by Crippen LogP contribution is -2.32. The summed E-state index contributed by atoms with van der Waals surface area (Å²) in [6, 6.07) is 4.71. The number of nitrogens with one attached hydrogen (secondary N) is 1. The lowest BCUT2D eigenvalue weighted by Gasteiger charge is -2.12. The molecule has 0 atom stereocenters. The van der Waals surface area contributed by atoms with E-state index in [1.54, 1.807) is 11.6 Å². The first-order valence-corrected chi connectivity index (χ1v) is 9.30. The quantitative estimate of drug-likeness (QED) is 0.715. The molecule has 0 unspecified atom stereocenters. The highest BCUT2D eigenvalue weighted by molar-refractivity contribution is 5.90. The van der Waals surface area contributed by atoms with Gasteiger partial charge in [0, 0.05) is 31.1 Å². The van der Waals surface area contributed by atoms with E-state index in [9.17, 15) is 14.4 Å². The second-order valence-electron chi connectivity index (χ2n) is 7.53. The zero-order valence-corrected chi connectivity index (χ0v) is 16.0. The first kappa shape index (κ1) is 18.1. The highest BCUT2D eigenvalue weighted by Crippen LogP contribution is 2.39. The Balaban J connectivity index is 1.66. The maximum atomic E-state index is 12.9. The van der Waals surface area contributed by atoms with E-state index in [2.05, 4.69) is 15.5 Å². The third kappa shape index (κ3) is 3.35. The number of aryl methyl sites for hydroxylation is 1. The minimum atomic E-state index is -0.394. The number of anilines is 1. The monoisotopic (exact) mass is 382 g/mol. The van der Waals surface area contributed by atoms with Gasteiger partial charge in [0.2, 0.25) is 11.5 Å². The molecule has 28 heavy (non-hydrogen) atoms. The molecule has 0 spiro atoms. The summed E-state index contributed by atoms with van der Waals surface area (Å²) in [5.41, 5.74) is 1.31. The Hall–Kier alpha value is -3.23. The van der Waals surface area contributed by atoms with Crippen molar-refractivity contribution in [3.8, 4) is 0 Å². The third-order valence-electron chi connectivity index (χ3n) is 4.80. The van der Waals surface area contributed by atoms with Crippen molar-refractivity contribution in [3.63, 3.8) is 0 Å². The number of rotatable bonds is 5. The smallest absolute Gasteiger partial charge is 0.293 e. The molecule has 1 aliphatic carbocycles. The molecule has 0 bridgehead atoms. The molecule has 146 valence electrons. The summed E-state index contributed by atoms with van der Waals surface area (Å²) < 4.78 is 4.16. The molecular formula is C19H22N6O3. The van der Waals surface area contributed by atoms with Crippen molar-refractivity contribution in [3.05, 3.63) is 56.6 Å². The van der Waals surface area contributed by atoms with Gasteiger partial charge >= 0.3 is 0 Å². The van der Waals surface area contributed by atoms with E-state index in [1.165, 1.54) is 27.6 Å². The van der Waals surface area contributed by atoms with Crippen LogP contribution in [0.2, 0.25) is 0 Å². The number of carbonyl (C=O) groups is 1. The van der Waals surface area contributed by atoms with Crippen molar-refractivity contribution in [1.82, 2.24) is 24.0 Å². The molecule has 9 heteroatoms. The van der Waals surface area contributed by atoms with Crippen molar-refractivity contribution >= 4 is 17.1 Å². The summed E-state index contributed by atoms with van der Waals surface area (Å²) in [7, 11) is 1.60. The minimum Gasteiger partial charge on any atom is -0.323 e. The number of carbonyl (C=O) groups excluding carboxylic acids is 1. The molecule has 1 amide bonds. The first-order chi connectivity index (χ1) is 13.3. The van der Waals surface area contributed by atoms with Crippen molar-refractivity contribution in [2.24, 2.45) is 7.05 Å². The van der Waals surface area contributed by atoms with Gasteiger partial charge in [-0.05, 0) is 25.0 Å². The van der Waals surface area contributed by atoms with Crippen molar-refractivity contribution in [1.29, 1.82) is 0 Å². The largest absolute Gasteiger partial charge is 0.323 e. The molecule has 1 fully saturated rings. The van der Waals surface area contributed by atoms with Crippen LogP contribution >= 0.6 is 0 Å². The molecule has 1 saturated carbocycles. The van der Waals surface area contributed by atoms with Crippen LogP contribution in [-0.4, -0.2) is 29.9 Å². The zero-order valence-electron chi connectivity index (χ0n) is 16.0. The number of pyridine rings is 1. The van der Waals surface area contributed by atoms with Gasteiger partial charge < -0.3 is 9.88 Å². The highest BCUT2D eigenvalue weighted by atomic mass is 16.2. The molecule has 0 aromatic carbocycles. The molecule has 0 aliphatic heterocycles. The Morgan fingerprint density at radius 2 is 2.00 bits per heavy atom. The van der Waals surface area contributed by atoms with Crippen LogP contribution in [0.25, 0.3) is 5.52 Å². The highest BCUT2D eigenvalue weighted by Gasteiger charge is 2.28. The van der Waals surface area contributed by atoms with E-state index in [1.807, 2.05) is 19.9 Å². The molecule has 9 nitrogen and oxygen atoms in total. The molecule has 1 N–H and O–H groups in total. The summed E-state index contributed by atoms with van der Waals surface area (Å²) in [5.74, 6) is 0.694. The average molecular weight is 382 g/mol. The topological polar surface area (TPSA) is 103 Å². The van der Waals surface area contributed by atoms with Crippen LogP contribution in [0.1, 0.15) is 50.0 Å². The maximum Gasteiger partial charge on any atom is 0.293 e. The van der Waals surface area contributed by atoms with E-state index in [4.69, 9.17) is 0 Å². The Morgan fingerprint density at radius 1 is 1.25 bits per heavy atom. The Labute approximate surface area is 160 Å². The molecule has 3 aromatic heterocycles. The van der Waals surface area contributed by atoms with E-state index in [-0.39, 0.29) is 23.6 Å². The minimum absolute atomic E-state index is 0.0352. The lowest BCUT2D eigenvalue weighted by atomic mass is 10.2. The predicted octanol–water partition coefficient (Wildman–Crippen LogP) is 1.23. The Kier molecular flexibility index (Phi) is 4.37. The fraction of sp³-hybridized carbons (Fsp3) is 0.421. The summed E-state index contributed by atoms with van der Waals surface area (Å²) in [5, 5.41) is 11.7. The van der Waals surface area contributed by atoms with Crippen LogP contribution < -0.4 is 16.4 Å².